The SMILES string of the molecule is CCN1CCCC1CNC(=NC)NCC(c1cccc(F)c1)N1CCOCC1.I. The lowest BCUT2D eigenvalue weighted by Crippen LogP contribution is -2.48. The van der Waals surface area contributed by atoms with Gasteiger partial charge in [0.15, 0.2) is 5.96 Å². The molecule has 0 amide bonds. The minimum absolute atomic E-state index is 0. The zero-order chi connectivity index (χ0) is 19.8. The van der Waals surface area contributed by atoms with Crippen LogP contribution in [0, 0.1) is 5.82 Å². The number of nitrogens with one attached hydrogen (secondary N) is 2. The normalized spacial score (nSPS) is 22.2. The van der Waals surface area contributed by atoms with Crippen LogP contribution in [0.3, 0.4) is 0 Å². The monoisotopic (exact) mass is 519 g/mol. The summed E-state index contributed by atoms with van der Waals surface area (Å²) in [6, 6.07) is 7.56. The molecular weight excluding hydrogens is 484 g/mol. The molecule has 1 aromatic carbocycles. The Balaban J connectivity index is 0.00000300. The number of hydrogen-bond donors (Lipinski definition) is 2. The molecule has 0 saturated carbocycles. The van der Waals surface area contributed by atoms with Crippen LogP contribution in [0.4, 0.5) is 4.39 Å². The molecule has 3 rings (SSSR count). The quantitative estimate of drug-likeness (QED) is 0.330. The van der Waals surface area contributed by atoms with Crippen molar-refractivity contribution in [2.75, 3.05) is 59.5 Å². The summed E-state index contributed by atoms with van der Waals surface area (Å²) in [4.78, 5) is 9.26. The third-order valence-electron chi connectivity index (χ3n) is 5.82. The summed E-state index contributed by atoms with van der Waals surface area (Å²) in [6.45, 7) is 9.20. The fraction of sp³-hybridized carbons (Fsp3) is 0.667. The molecule has 2 heterocycles. The Kier molecular flexibility index (Phi) is 10.6. The van der Waals surface area contributed by atoms with Gasteiger partial charge in [0, 0.05) is 39.3 Å². The Hall–Kier alpha value is -0.970. The highest BCUT2D eigenvalue weighted by Crippen LogP contribution is 2.22. The molecule has 2 aliphatic heterocycles. The Morgan fingerprint density at radius 3 is 2.76 bits per heavy atom. The summed E-state index contributed by atoms with van der Waals surface area (Å²) in [5.74, 6) is 0.608. The first-order valence-corrected chi connectivity index (χ1v) is 10.5. The van der Waals surface area contributed by atoms with E-state index >= 15 is 0 Å². The maximum Gasteiger partial charge on any atom is 0.191 e. The van der Waals surface area contributed by atoms with Crippen molar-refractivity contribution in [3.63, 3.8) is 0 Å². The molecule has 2 N–H and O–H groups in total. The van der Waals surface area contributed by atoms with Gasteiger partial charge < -0.3 is 15.4 Å². The number of rotatable bonds is 7. The molecular formula is C21H35FIN5O. The largest absolute Gasteiger partial charge is 0.379 e. The second kappa shape index (κ2) is 12.7. The Morgan fingerprint density at radius 1 is 1.28 bits per heavy atom. The van der Waals surface area contributed by atoms with Crippen LogP contribution in [-0.2, 0) is 4.74 Å². The van der Waals surface area contributed by atoms with Crippen LogP contribution in [0.25, 0.3) is 0 Å². The van der Waals surface area contributed by atoms with E-state index in [0.29, 0.717) is 25.8 Å². The molecule has 2 unspecified atom stereocenters. The summed E-state index contributed by atoms with van der Waals surface area (Å²) in [6.07, 6.45) is 2.50. The number of guanidine groups is 1. The first kappa shape index (κ1) is 24.3. The smallest absolute Gasteiger partial charge is 0.191 e. The van der Waals surface area contributed by atoms with E-state index in [2.05, 4.69) is 32.3 Å². The summed E-state index contributed by atoms with van der Waals surface area (Å²) >= 11 is 0. The molecule has 2 saturated heterocycles. The number of halogens is 2. The fourth-order valence-electron chi connectivity index (χ4n) is 4.23. The number of nitrogens with zero attached hydrogens (tertiary/aromatic N) is 3. The maximum atomic E-state index is 13.8. The molecule has 29 heavy (non-hydrogen) atoms. The second-order valence-corrected chi connectivity index (χ2v) is 7.48. The van der Waals surface area contributed by atoms with E-state index in [1.807, 2.05) is 6.07 Å². The molecule has 6 nitrogen and oxygen atoms in total. The maximum absolute atomic E-state index is 13.8. The topological polar surface area (TPSA) is 52.1 Å². The van der Waals surface area contributed by atoms with Crippen LogP contribution in [0.15, 0.2) is 29.3 Å². The Labute approximate surface area is 191 Å². The zero-order valence-corrected chi connectivity index (χ0v) is 19.9. The van der Waals surface area contributed by atoms with Crippen LogP contribution in [0.1, 0.15) is 31.4 Å². The Bertz CT molecular complexity index is 641. The first-order chi connectivity index (χ1) is 13.7. The molecule has 0 bridgehead atoms. The predicted molar refractivity (Wildman–Crippen MR) is 127 cm³/mol. The number of aliphatic imine (C=N–C) groups is 1. The number of likely N-dealkylation sites (tertiary alicyclic amines) is 1. The third kappa shape index (κ3) is 7.04. The summed E-state index contributed by atoms with van der Waals surface area (Å²) in [7, 11) is 1.80. The minimum Gasteiger partial charge on any atom is -0.379 e. The van der Waals surface area contributed by atoms with Crippen LogP contribution in [0.5, 0.6) is 0 Å². The third-order valence-corrected chi connectivity index (χ3v) is 5.82. The first-order valence-electron chi connectivity index (χ1n) is 10.5. The number of benzene rings is 1. The number of likely N-dealkylation sites (N-methyl/N-ethyl adjacent to an activating group) is 1. The van der Waals surface area contributed by atoms with Crippen molar-refractivity contribution in [3.8, 4) is 0 Å². The van der Waals surface area contributed by atoms with Crippen molar-refractivity contribution in [2.24, 2.45) is 4.99 Å². The highest BCUT2D eigenvalue weighted by Gasteiger charge is 2.25. The minimum atomic E-state index is -0.195. The van der Waals surface area contributed by atoms with Crippen LogP contribution in [-0.4, -0.2) is 81.3 Å². The lowest BCUT2D eigenvalue weighted by atomic mass is 10.0. The Morgan fingerprint density at radius 2 is 2.07 bits per heavy atom. The van der Waals surface area contributed by atoms with E-state index in [-0.39, 0.29) is 35.8 Å². The van der Waals surface area contributed by atoms with Gasteiger partial charge in [0.1, 0.15) is 5.82 Å². The standard InChI is InChI=1S/C21H34FN5O.HI/c1-3-26-9-5-8-19(26)15-24-21(23-2)25-16-20(27-10-12-28-13-11-27)17-6-4-7-18(22)14-17;/h4,6-7,14,19-20H,3,5,8-13,15-16H2,1-2H3,(H2,23,24,25);1H. The summed E-state index contributed by atoms with van der Waals surface area (Å²) in [5, 5.41) is 6.93. The van der Waals surface area contributed by atoms with Gasteiger partial charge in [-0.1, -0.05) is 19.1 Å². The molecule has 0 spiro atoms. The van der Waals surface area contributed by atoms with Crippen LogP contribution >= 0.6 is 24.0 Å². The molecule has 8 heteroatoms. The zero-order valence-electron chi connectivity index (χ0n) is 17.6. The van der Waals surface area contributed by atoms with Gasteiger partial charge in [-0.25, -0.2) is 4.39 Å². The summed E-state index contributed by atoms with van der Waals surface area (Å²) < 4.78 is 19.3. The van der Waals surface area contributed by atoms with E-state index in [1.165, 1.54) is 25.5 Å². The number of hydrogen-bond acceptors (Lipinski definition) is 4. The second-order valence-electron chi connectivity index (χ2n) is 7.48. The van der Waals surface area contributed by atoms with E-state index < -0.39 is 0 Å². The van der Waals surface area contributed by atoms with E-state index in [1.54, 1.807) is 19.2 Å². The lowest BCUT2D eigenvalue weighted by Gasteiger charge is -2.35. The van der Waals surface area contributed by atoms with Crippen LogP contribution in [0.2, 0.25) is 0 Å². The van der Waals surface area contributed by atoms with Crippen molar-refractivity contribution in [3.05, 3.63) is 35.6 Å². The highest BCUT2D eigenvalue weighted by molar-refractivity contribution is 14.0. The number of morpholine rings is 1. The van der Waals surface area contributed by atoms with Gasteiger partial charge in [-0.2, -0.15) is 0 Å². The number of ether oxygens (including phenoxy) is 1. The van der Waals surface area contributed by atoms with Gasteiger partial charge in [0.05, 0.1) is 19.3 Å². The van der Waals surface area contributed by atoms with E-state index in [4.69, 9.17) is 4.74 Å². The molecule has 2 atom stereocenters. The van der Waals surface area contributed by atoms with E-state index in [0.717, 1.165) is 37.7 Å². The van der Waals surface area contributed by atoms with Crippen molar-refractivity contribution in [1.29, 1.82) is 0 Å². The van der Waals surface area contributed by atoms with Crippen molar-refractivity contribution < 1.29 is 9.13 Å². The average Bonchev–Trinajstić information content (AvgIpc) is 3.19. The molecule has 2 fully saturated rings. The van der Waals surface area contributed by atoms with Gasteiger partial charge in [-0.05, 0) is 43.6 Å². The molecule has 0 radical (unpaired) electrons. The van der Waals surface area contributed by atoms with Crippen LogP contribution < -0.4 is 10.6 Å². The fourth-order valence-corrected chi connectivity index (χ4v) is 4.23. The average molecular weight is 519 g/mol. The van der Waals surface area contributed by atoms with Gasteiger partial charge in [-0.15, -0.1) is 24.0 Å². The van der Waals surface area contributed by atoms with Gasteiger partial charge in [0.25, 0.3) is 0 Å². The lowest BCUT2D eigenvalue weighted by molar-refractivity contribution is 0.0169. The highest BCUT2D eigenvalue weighted by atomic mass is 127. The molecule has 1 aromatic rings. The van der Waals surface area contributed by atoms with Crippen molar-refractivity contribution in [1.82, 2.24) is 20.4 Å². The molecule has 0 aromatic heterocycles. The molecule has 2 aliphatic rings. The van der Waals surface area contributed by atoms with Gasteiger partial charge in [0.2, 0.25) is 0 Å². The van der Waals surface area contributed by atoms with E-state index in [9.17, 15) is 4.39 Å². The van der Waals surface area contributed by atoms with Crippen molar-refractivity contribution >= 4 is 29.9 Å². The molecule has 0 aliphatic carbocycles. The van der Waals surface area contributed by atoms with Gasteiger partial charge in [-0.3, -0.25) is 14.8 Å². The van der Waals surface area contributed by atoms with Crippen molar-refractivity contribution in [2.45, 2.75) is 31.8 Å². The predicted octanol–water partition coefficient (Wildman–Crippen LogP) is 2.47. The van der Waals surface area contributed by atoms with Gasteiger partial charge >= 0.3 is 0 Å². The summed E-state index contributed by atoms with van der Waals surface area (Å²) in [5.41, 5.74) is 0.984. The molecule has 164 valence electrons.